The van der Waals surface area contributed by atoms with Crippen molar-refractivity contribution in [1.82, 2.24) is 9.80 Å². The van der Waals surface area contributed by atoms with Crippen LogP contribution in [0.25, 0.3) is 21.9 Å². The van der Waals surface area contributed by atoms with Gasteiger partial charge in [0.1, 0.15) is 23.3 Å². The zero-order chi connectivity index (χ0) is 42.8. The molecule has 0 spiro atoms. The molecular formula is C47H58N2O10. The summed E-state index contributed by atoms with van der Waals surface area (Å²) >= 11 is 0. The maximum atomic E-state index is 13.3. The Morgan fingerprint density at radius 1 is 0.644 bits per heavy atom. The van der Waals surface area contributed by atoms with E-state index in [0.29, 0.717) is 24.0 Å². The molecule has 3 aromatic rings. The summed E-state index contributed by atoms with van der Waals surface area (Å²) in [6.07, 6.45) is 4.37. The van der Waals surface area contributed by atoms with Crippen LogP contribution in [0.4, 0.5) is 9.59 Å². The van der Waals surface area contributed by atoms with Crippen molar-refractivity contribution in [2.45, 2.75) is 136 Å². The van der Waals surface area contributed by atoms with E-state index in [1.165, 1.54) is 9.80 Å². The van der Waals surface area contributed by atoms with Crippen LogP contribution in [-0.4, -0.2) is 94.1 Å². The molecule has 6 atom stereocenters. The molecule has 0 aromatic heterocycles. The fourth-order valence-electron chi connectivity index (χ4n) is 8.81. The molecule has 6 rings (SSSR count). The molecule has 1 aliphatic carbocycles. The molecule has 12 heteroatoms. The van der Waals surface area contributed by atoms with Gasteiger partial charge in [-0.15, -0.1) is 0 Å². The smallest absolute Gasteiger partial charge is 0.411 e. The van der Waals surface area contributed by atoms with Crippen molar-refractivity contribution in [3.8, 4) is 11.1 Å². The minimum atomic E-state index is -0.830. The summed E-state index contributed by atoms with van der Waals surface area (Å²) in [5.41, 5.74) is 1.11. The number of esters is 2. The summed E-state index contributed by atoms with van der Waals surface area (Å²) < 4.78 is 22.3. The maximum Gasteiger partial charge on any atom is 0.411 e. The van der Waals surface area contributed by atoms with Gasteiger partial charge < -0.3 is 18.9 Å². The number of benzene rings is 3. The molecule has 316 valence electrons. The van der Waals surface area contributed by atoms with E-state index in [4.69, 9.17) is 18.9 Å². The molecule has 0 unspecified atom stereocenters. The van der Waals surface area contributed by atoms with Gasteiger partial charge in [-0.25, -0.2) is 19.2 Å². The van der Waals surface area contributed by atoms with Crippen LogP contribution in [0.2, 0.25) is 0 Å². The van der Waals surface area contributed by atoms with Crippen molar-refractivity contribution in [3.63, 3.8) is 0 Å². The number of hydrogen-bond acceptors (Lipinski definition) is 10. The van der Waals surface area contributed by atoms with E-state index in [2.05, 4.69) is 6.92 Å². The molecule has 3 fully saturated rings. The van der Waals surface area contributed by atoms with Gasteiger partial charge in [0, 0.05) is 23.2 Å². The Labute approximate surface area is 346 Å². The van der Waals surface area contributed by atoms with Gasteiger partial charge in [-0.1, -0.05) is 68.3 Å². The molecule has 2 saturated heterocycles. The topological polar surface area (TPSA) is 146 Å². The molecule has 0 radical (unpaired) electrons. The molecule has 3 aliphatic rings. The zero-order valence-corrected chi connectivity index (χ0v) is 35.6. The van der Waals surface area contributed by atoms with Gasteiger partial charge in [0.05, 0.1) is 0 Å². The lowest BCUT2D eigenvalue weighted by Crippen LogP contribution is -2.47. The number of hydrogen-bond donors (Lipinski definition) is 0. The highest BCUT2D eigenvalue weighted by Crippen LogP contribution is 2.42. The van der Waals surface area contributed by atoms with E-state index in [9.17, 15) is 28.8 Å². The molecule has 2 amide bonds. The minimum Gasteiger partial charge on any atom is -0.456 e. The molecule has 2 heterocycles. The summed E-state index contributed by atoms with van der Waals surface area (Å²) in [5.74, 6) is -1.60. The first kappa shape index (κ1) is 43.3. The van der Waals surface area contributed by atoms with Gasteiger partial charge in [0.2, 0.25) is 0 Å². The van der Waals surface area contributed by atoms with Crippen molar-refractivity contribution in [3.05, 3.63) is 71.8 Å². The Hall–Kier alpha value is -5.26. The fraction of sp³-hybridized carbons (Fsp3) is 0.532. The van der Waals surface area contributed by atoms with Crippen molar-refractivity contribution in [2.75, 3.05) is 13.2 Å². The van der Waals surface area contributed by atoms with Crippen molar-refractivity contribution < 1.29 is 47.7 Å². The van der Waals surface area contributed by atoms with Crippen LogP contribution in [0.15, 0.2) is 60.7 Å². The van der Waals surface area contributed by atoms with Crippen LogP contribution in [0.1, 0.15) is 121 Å². The van der Waals surface area contributed by atoms with Gasteiger partial charge in [0.15, 0.2) is 24.8 Å². The average molecular weight is 811 g/mol. The highest BCUT2D eigenvalue weighted by atomic mass is 16.6. The van der Waals surface area contributed by atoms with Crippen LogP contribution in [0.5, 0.6) is 0 Å². The number of carbonyl (C=O) groups excluding carboxylic acids is 6. The van der Waals surface area contributed by atoms with Crippen LogP contribution in [0, 0.1) is 11.8 Å². The summed E-state index contributed by atoms with van der Waals surface area (Å²) in [7, 11) is 0. The third kappa shape index (κ3) is 10.1. The minimum absolute atomic E-state index is 0.0623. The van der Waals surface area contributed by atoms with Crippen molar-refractivity contribution in [2.24, 2.45) is 11.8 Å². The summed E-state index contributed by atoms with van der Waals surface area (Å²) in [5, 5.41) is 1.70. The number of Topliss-reactive ketones (excluding diaryl/α,β-unsaturated/α-hetero) is 2. The quantitative estimate of drug-likeness (QED) is 0.105. The lowest BCUT2D eigenvalue weighted by molar-refractivity contribution is -0.148. The lowest BCUT2D eigenvalue weighted by Gasteiger charge is -2.31. The van der Waals surface area contributed by atoms with Crippen LogP contribution < -0.4 is 0 Å². The fourth-order valence-corrected chi connectivity index (χ4v) is 8.81. The second kappa shape index (κ2) is 17.5. The Kier molecular flexibility index (Phi) is 12.9. The Morgan fingerprint density at radius 2 is 1.17 bits per heavy atom. The van der Waals surface area contributed by atoms with E-state index in [0.717, 1.165) is 54.0 Å². The first-order valence-corrected chi connectivity index (χ1v) is 20.9. The van der Waals surface area contributed by atoms with Gasteiger partial charge in [-0.3, -0.25) is 19.4 Å². The third-order valence-corrected chi connectivity index (χ3v) is 11.6. The first-order chi connectivity index (χ1) is 27.8. The number of carbonyl (C=O) groups is 6. The molecule has 3 aromatic carbocycles. The van der Waals surface area contributed by atoms with Crippen LogP contribution in [0.3, 0.4) is 0 Å². The predicted octanol–water partition coefficient (Wildman–Crippen LogP) is 8.95. The number of amides is 2. The maximum absolute atomic E-state index is 13.3. The zero-order valence-electron chi connectivity index (χ0n) is 35.6. The number of nitrogens with zero attached hydrogens (tertiary/aromatic N) is 2. The molecular weight excluding hydrogens is 753 g/mol. The molecule has 1 saturated carbocycles. The Bertz CT molecular complexity index is 2080. The third-order valence-electron chi connectivity index (χ3n) is 11.6. The van der Waals surface area contributed by atoms with Crippen molar-refractivity contribution in [1.29, 1.82) is 0 Å². The van der Waals surface area contributed by atoms with Crippen molar-refractivity contribution >= 4 is 46.5 Å². The monoisotopic (exact) mass is 810 g/mol. The number of ether oxygens (including phenoxy) is 4. The molecule has 59 heavy (non-hydrogen) atoms. The normalized spacial score (nSPS) is 22.8. The van der Waals surface area contributed by atoms with Crippen LogP contribution >= 0.6 is 0 Å². The Balaban J connectivity index is 1.04. The van der Waals surface area contributed by atoms with Gasteiger partial charge >= 0.3 is 24.1 Å². The van der Waals surface area contributed by atoms with E-state index < -0.39 is 60.6 Å². The summed E-state index contributed by atoms with van der Waals surface area (Å²) in [6.45, 7) is 13.8. The molecule has 12 nitrogen and oxygen atoms in total. The first-order valence-electron chi connectivity index (χ1n) is 20.9. The molecule has 0 bridgehead atoms. The lowest BCUT2D eigenvalue weighted by atomic mass is 9.95. The highest BCUT2D eigenvalue weighted by molar-refractivity contribution is 6.02. The summed E-state index contributed by atoms with van der Waals surface area (Å²) in [6, 6.07) is 16.2. The second-order valence-electron chi connectivity index (χ2n) is 18.2. The average Bonchev–Trinajstić information content (AvgIpc) is 3.87. The van der Waals surface area contributed by atoms with Crippen LogP contribution in [-0.2, 0) is 28.5 Å². The number of likely N-dealkylation sites (tertiary alicyclic amines) is 2. The van der Waals surface area contributed by atoms with Gasteiger partial charge in [-0.05, 0) is 126 Å². The summed E-state index contributed by atoms with van der Waals surface area (Å²) in [4.78, 5) is 82.1. The number of fused-ring (bicyclic) bond motifs is 2. The number of ketones is 2. The highest BCUT2D eigenvalue weighted by Gasteiger charge is 2.51. The SMILES string of the molecule is CCC[C@H]1C[C@@H](C(=O)OCC(=O)c2ccc3cc(-c4ccc(C(=O)COC(=O)[C@@H]5C[C@@H]6CCC[C@@H]6N5C(=O)OC(C)(C)C)cc4)ccc3c2)N(C(=O)OC(C)(C)C)[C@H]1C. The van der Waals surface area contributed by atoms with E-state index in [1.54, 1.807) is 65.8 Å². The van der Waals surface area contributed by atoms with E-state index in [-0.39, 0.29) is 35.5 Å². The Morgan fingerprint density at radius 3 is 1.78 bits per heavy atom. The molecule has 0 N–H and O–H groups in total. The predicted molar refractivity (Wildman–Crippen MR) is 222 cm³/mol. The van der Waals surface area contributed by atoms with E-state index in [1.807, 2.05) is 43.3 Å². The number of rotatable bonds is 11. The van der Waals surface area contributed by atoms with Gasteiger partial charge in [0.25, 0.3) is 0 Å². The largest absolute Gasteiger partial charge is 0.456 e. The van der Waals surface area contributed by atoms with Gasteiger partial charge in [-0.2, -0.15) is 0 Å². The second-order valence-corrected chi connectivity index (χ2v) is 18.2. The molecule has 2 aliphatic heterocycles. The standard InChI is InChI=1S/C47H58N2O10/c1-9-11-31-24-38(48(28(31)2)44(54)58-46(3,4)5)42(52)57-27-41(51)36-21-20-33-22-32(18-19-34(33)23-36)29-14-16-30(17-15-29)40(50)26-56-43(53)39-25-35-12-10-13-37(35)49(39)45(55)59-47(6,7)8/h14-23,28,31,35,37-39H,9-13,24-27H2,1-8H3/t28-,31-,35-,37-,38-,39-/m0/s1. The van der Waals surface area contributed by atoms with E-state index >= 15 is 0 Å².